The fourth-order valence-corrected chi connectivity index (χ4v) is 4.08. The normalized spacial score (nSPS) is 12.9. The van der Waals surface area contributed by atoms with Gasteiger partial charge in [0.1, 0.15) is 10.7 Å². The van der Waals surface area contributed by atoms with E-state index in [0.717, 1.165) is 5.69 Å². The molecule has 36 heavy (non-hydrogen) atoms. The summed E-state index contributed by atoms with van der Waals surface area (Å²) in [4.78, 5) is 53.7. The van der Waals surface area contributed by atoms with Crippen molar-refractivity contribution in [2.45, 2.75) is 46.1 Å². The van der Waals surface area contributed by atoms with Crippen molar-refractivity contribution < 1.29 is 4.79 Å². The number of imidazole rings is 1. The summed E-state index contributed by atoms with van der Waals surface area (Å²) in [6.07, 6.45) is 7.93. The van der Waals surface area contributed by atoms with E-state index >= 15 is 0 Å². The molecule has 0 amide bonds. The summed E-state index contributed by atoms with van der Waals surface area (Å²) in [7, 11) is 0. The van der Waals surface area contributed by atoms with Crippen molar-refractivity contribution in [1.82, 2.24) is 24.5 Å². The predicted molar refractivity (Wildman–Crippen MR) is 139 cm³/mol. The molecule has 0 aliphatic carbocycles. The first kappa shape index (κ1) is 24.8. The van der Waals surface area contributed by atoms with Crippen LogP contribution in [0.15, 0.2) is 64.7 Å². The Morgan fingerprint density at radius 2 is 1.81 bits per heavy atom. The molecule has 3 aromatic heterocycles. The van der Waals surface area contributed by atoms with Gasteiger partial charge in [-0.2, -0.15) is 0 Å². The molecule has 4 aromatic rings. The van der Waals surface area contributed by atoms with E-state index in [0.29, 0.717) is 22.4 Å². The van der Waals surface area contributed by atoms with Gasteiger partial charge >= 0.3 is 0 Å². The third-order valence-corrected chi connectivity index (χ3v) is 5.78. The average molecular weight is 484 g/mol. The minimum atomic E-state index is -0.411. The first-order chi connectivity index (χ1) is 17.1. The topological polar surface area (TPSA) is 113 Å². The van der Waals surface area contributed by atoms with Crippen LogP contribution in [0.5, 0.6) is 0 Å². The number of rotatable bonds is 5. The summed E-state index contributed by atoms with van der Waals surface area (Å²) in [6, 6.07) is 10.1. The lowest BCUT2D eigenvalue weighted by molar-refractivity contribution is 0.103. The van der Waals surface area contributed by atoms with Gasteiger partial charge in [0.15, 0.2) is 5.78 Å². The standard InChI is InChI=1S/C28H29N5O3/c1-17(2)33-23(13-18-8-6-9-19(12-18)24(34)20-10-7-11-29-15-20)26(35)32-22(27(33)36)14-21-25(28(3,4)5)31-16-30-21/h6-17H,1-5H3,(H,30,31)(H,32,35)/b22-14-,23-13-. The number of aromatic amines is 2. The largest absolute Gasteiger partial charge is 0.348 e. The van der Waals surface area contributed by atoms with Crippen molar-refractivity contribution in [2.75, 3.05) is 0 Å². The fraction of sp³-hybridized carbons (Fsp3) is 0.250. The van der Waals surface area contributed by atoms with Crippen molar-refractivity contribution >= 4 is 17.9 Å². The number of nitrogens with one attached hydrogen (secondary N) is 2. The second kappa shape index (κ2) is 9.73. The molecule has 8 heteroatoms. The third-order valence-electron chi connectivity index (χ3n) is 5.78. The van der Waals surface area contributed by atoms with Crippen LogP contribution >= 0.6 is 0 Å². The zero-order valence-corrected chi connectivity index (χ0v) is 21.0. The zero-order chi connectivity index (χ0) is 26.0. The van der Waals surface area contributed by atoms with Gasteiger partial charge in [-0.3, -0.25) is 23.9 Å². The molecule has 0 saturated carbocycles. The first-order valence-corrected chi connectivity index (χ1v) is 11.7. The highest BCUT2D eigenvalue weighted by Gasteiger charge is 2.19. The van der Waals surface area contributed by atoms with Crippen LogP contribution in [0.3, 0.4) is 0 Å². The van der Waals surface area contributed by atoms with Crippen LogP contribution in [0.25, 0.3) is 12.2 Å². The van der Waals surface area contributed by atoms with Crippen molar-refractivity contribution in [2.24, 2.45) is 0 Å². The Labute approximate surface area is 208 Å². The molecular weight excluding hydrogens is 454 g/mol. The number of H-pyrrole nitrogens is 2. The Hall–Kier alpha value is -4.33. The molecule has 1 aromatic carbocycles. The van der Waals surface area contributed by atoms with Crippen molar-refractivity contribution in [3.05, 3.63) is 115 Å². The van der Waals surface area contributed by atoms with Gasteiger partial charge in [0.2, 0.25) is 0 Å². The minimum Gasteiger partial charge on any atom is -0.348 e. The number of pyridine rings is 1. The van der Waals surface area contributed by atoms with E-state index in [1.807, 2.05) is 34.6 Å². The number of carbonyl (C=O) groups excluding carboxylic acids is 1. The molecule has 184 valence electrons. The molecule has 0 fully saturated rings. The van der Waals surface area contributed by atoms with E-state index in [2.05, 4.69) is 19.9 Å². The second-order valence-corrected chi connectivity index (χ2v) is 9.92. The molecule has 0 radical (unpaired) electrons. The number of hydrogen-bond acceptors (Lipinski definition) is 5. The molecule has 0 aliphatic rings. The summed E-state index contributed by atoms with van der Waals surface area (Å²) in [5.74, 6) is -0.174. The third kappa shape index (κ3) is 5.02. The maximum absolute atomic E-state index is 13.5. The smallest absolute Gasteiger partial charge is 0.275 e. The van der Waals surface area contributed by atoms with Crippen LogP contribution in [0.2, 0.25) is 0 Å². The van der Waals surface area contributed by atoms with Crippen molar-refractivity contribution in [3.8, 4) is 0 Å². The Morgan fingerprint density at radius 3 is 2.47 bits per heavy atom. The highest BCUT2D eigenvalue weighted by atomic mass is 16.1. The van der Waals surface area contributed by atoms with E-state index in [1.54, 1.807) is 61.1 Å². The summed E-state index contributed by atoms with van der Waals surface area (Å²) in [5, 5.41) is 0.361. The second-order valence-electron chi connectivity index (χ2n) is 9.92. The highest BCUT2D eigenvalue weighted by Crippen LogP contribution is 2.22. The Bertz CT molecular complexity index is 1650. The fourth-order valence-electron chi connectivity index (χ4n) is 4.08. The SMILES string of the molecule is CC(C)n1c(=O)/c(=C/c2nc[nH]c2C(C)(C)C)[nH]c(=O)/c1=C/c1cccc(C(=O)c2cccnc2)c1. The molecular formula is C28H29N5O3. The quantitative estimate of drug-likeness (QED) is 0.423. The zero-order valence-electron chi connectivity index (χ0n) is 21.0. The minimum absolute atomic E-state index is 0.156. The van der Waals surface area contributed by atoms with Gasteiger partial charge in [-0.15, -0.1) is 0 Å². The lowest BCUT2D eigenvalue weighted by Crippen LogP contribution is -2.54. The van der Waals surface area contributed by atoms with Gasteiger partial charge in [0.25, 0.3) is 11.1 Å². The van der Waals surface area contributed by atoms with Crippen molar-refractivity contribution in [1.29, 1.82) is 0 Å². The number of ketones is 1. The van der Waals surface area contributed by atoms with E-state index in [1.165, 1.54) is 10.8 Å². The van der Waals surface area contributed by atoms with Crippen LogP contribution in [0, 0.1) is 0 Å². The summed E-state index contributed by atoms with van der Waals surface area (Å²) < 4.78 is 1.46. The van der Waals surface area contributed by atoms with Crippen molar-refractivity contribution in [3.63, 3.8) is 0 Å². The van der Waals surface area contributed by atoms with E-state index < -0.39 is 5.56 Å². The van der Waals surface area contributed by atoms with Crippen LogP contribution in [0.4, 0.5) is 0 Å². The summed E-state index contributed by atoms with van der Waals surface area (Å²) in [6.45, 7) is 9.81. The van der Waals surface area contributed by atoms with E-state index in [4.69, 9.17) is 0 Å². The molecule has 0 bridgehead atoms. The Morgan fingerprint density at radius 1 is 1.06 bits per heavy atom. The van der Waals surface area contributed by atoms with Gasteiger partial charge in [-0.25, -0.2) is 4.98 Å². The highest BCUT2D eigenvalue weighted by molar-refractivity contribution is 6.09. The monoisotopic (exact) mass is 483 g/mol. The Balaban J connectivity index is 1.87. The summed E-state index contributed by atoms with van der Waals surface area (Å²) >= 11 is 0. The molecule has 3 heterocycles. The van der Waals surface area contributed by atoms with Gasteiger partial charge in [-0.05, 0) is 49.8 Å². The lowest BCUT2D eigenvalue weighted by Gasteiger charge is -2.17. The number of nitrogens with zero attached hydrogens (tertiary/aromatic N) is 3. The van der Waals surface area contributed by atoms with E-state index in [9.17, 15) is 14.4 Å². The molecule has 0 atom stereocenters. The van der Waals surface area contributed by atoms with Crippen LogP contribution < -0.4 is 21.8 Å². The van der Waals surface area contributed by atoms with Crippen LogP contribution in [0.1, 0.15) is 73.5 Å². The maximum Gasteiger partial charge on any atom is 0.275 e. The van der Waals surface area contributed by atoms with Gasteiger partial charge < -0.3 is 9.97 Å². The van der Waals surface area contributed by atoms with Gasteiger partial charge in [0, 0.05) is 40.7 Å². The number of hydrogen-bond donors (Lipinski definition) is 2. The maximum atomic E-state index is 13.5. The number of benzene rings is 1. The molecule has 2 N–H and O–H groups in total. The average Bonchev–Trinajstić information content (AvgIpc) is 3.31. The van der Waals surface area contributed by atoms with Crippen LogP contribution in [-0.4, -0.2) is 30.3 Å². The number of aromatic nitrogens is 5. The summed E-state index contributed by atoms with van der Waals surface area (Å²) in [5.41, 5.74) is 2.07. The molecule has 0 saturated heterocycles. The van der Waals surface area contributed by atoms with Crippen LogP contribution in [-0.2, 0) is 5.41 Å². The lowest BCUT2D eigenvalue weighted by atomic mass is 9.90. The van der Waals surface area contributed by atoms with Gasteiger partial charge in [-0.1, -0.05) is 39.0 Å². The molecule has 0 unspecified atom stereocenters. The number of carbonyl (C=O) groups is 1. The van der Waals surface area contributed by atoms with Gasteiger partial charge in [0.05, 0.1) is 12.0 Å². The molecule has 0 aliphatic heterocycles. The molecule has 8 nitrogen and oxygen atoms in total. The first-order valence-electron chi connectivity index (χ1n) is 11.7. The van der Waals surface area contributed by atoms with E-state index in [-0.39, 0.29) is 33.5 Å². The Kier molecular flexibility index (Phi) is 6.70. The molecule has 4 rings (SSSR count). The predicted octanol–water partition coefficient (Wildman–Crippen LogP) is 2.42. The molecule has 0 spiro atoms.